The second-order valence-corrected chi connectivity index (χ2v) is 8.20. The highest BCUT2D eigenvalue weighted by atomic mass is 32.1. The van der Waals surface area contributed by atoms with Crippen LogP contribution < -0.4 is 21.9 Å². The number of carboxylic acid groups (broad SMARTS) is 1. The number of carbonyl (C=O) groups excluding carboxylic acids is 1. The van der Waals surface area contributed by atoms with E-state index < -0.39 is 5.97 Å². The van der Waals surface area contributed by atoms with Gasteiger partial charge in [-0.15, -0.1) is 11.3 Å². The van der Waals surface area contributed by atoms with Crippen LogP contribution in [0.4, 0.5) is 17.3 Å². The first-order valence-corrected chi connectivity index (χ1v) is 10.5. The van der Waals surface area contributed by atoms with Crippen LogP contribution in [0.15, 0.2) is 47.4 Å². The zero-order chi connectivity index (χ0) is 22.7. The van der Waals surface area contributed by atoms with Gasteiger partial charge in [-0.3, -0.25) is 19.4 Å². The molecule has 0 aliphatic heterocycles. The number of anilines is 3. The number of nitrogens with zero attached hydrogens (tertiary/aromatic N) is 1. The van der Waals surface area contributed by atoms with Crippen LogP contribution in [0.25, 0.3) is 11.0 Å². The molecular weight excluding hydrogens is 432 g/mol. The molecule has 0 spiro atoms. The van der Waals surface area contributed by atoms with Crippen LogP contribution >= 0.6 is 11.3 Å². The summed E-state index contributed by atoms with van der Waals surface area (Å²) < 4.78 is 0. The monoisotopic (exact) mass is 452 g/mol. The van der Waals surface area contributed by atoms with Gasteiger partial charge in [0.05, 0.1) is 10.3 Å². The number of H-pyrrole nitrogens is 2. The molecule has 10 nitrogen and oxygen atoms in total. The van der Waals surface area contributed by atoms with E-state index in [0.717, 1.165) is 10.4 Å². The first kappa shape index (κ1) is 21.1. The number of aryl methyl sites for hydroxylation is 2. The summed E-state index contributed by atoms with van der Waals surface area (Å²) in [7, 11) is 0. The number of nitrogen functional groups attached to an aromatic ring is 1. The minimum Gasteiger partial charge on any atom is -0.480 e. The van der Waals surface area contributed by atoms with Crippen molar-refractivity contribution in [1.29, 1.82) is 0 Å². The average molecular weight is 452 g/mol. The van der Waals surface area contributed by atoms with Gasteiger partial charge in [-0.1, -0.05) is 0 Å². The van der Waals surface area contributed by atoms with Crippen molar-refractivity contribution in [2.75, 3.05) is 22.9 Å². The van der Waals surface area contributed by atoms with Crippen molar-refractivity contribution in [2.24, 2.45) is 0 Å². The van der Waals surface area contributed by atoms with Gasteiger partial charge in [0.2, 0.25) is 5.95 Å². The second-order valence-electron chi connectivity index (χ2n) is 7.03. The lowest BCUT2D eigenvalue weighted by atomic mass is 10.1. The van der Waals surface area contributed by atoms with Gasteiger partial charge in [-0.25, -0.2) is 0 Å². The van der Waals surface area contributed by atoms with E-state index in [1.54, 1.807) is 36.5 Å². The van der Waals surface area contributed by atoms with Crippen molar-refractivity contribution >= 4 is 51.6 Å². The van der Waals surface area contributed by atoms with Gasteiger partial charge in [0.25, 0.3) is 11.5 Å². The van der Waals surface area contributed by atoms with Crippen molar-refractivity contribution in [3.8, 4) is 0 Å². The first-order chi connectivity index (χ1) is 15.4. The Bertz CT molecular complexity index is 1340. The third-order valence-electron chi connectivity index (χ3n) is 4.75. The number of aromatic nitrogens is 3. The van der Waals surface area contributed by atoms with Crippen LogP contribution in [0.5, 0.6) is 0 Å². The quantitative estimate of drug-likeness (QED) is 0.239. The third-order valence-corrected chi connectivity index (χ3v) is 5.90. The Kier molecular flexibility index (Phi) is 5.90. The summed E-state index contributed by atoms with van der Waals surface area (Å²) in [5.41, 5.74) is 7.84. The molecule has 32 heavy (non-hydrogen) atoms. The van der Waals surface area contributed by atoms with E-state index in [1.165, 1.54) is 11.3 Å². The van der Waals surface area contributed by atoms with E-state index in [1.807, 2.05) is 6.07 Å². The SMILES string of the molecule is Nc1nc2[nH]cc(CCc3ccc(C(=O)Nc4ccc(NCC(=O)O)cc4)s3)c2c(=O)[nH]1. The second kappa shape index (κ2) is 8.94. The Hall–Kier alpha value is -4.12. The van der Waals surface area contributed by atoms with Crippen molar-refractivity contribution in [3.05, 3.63) is 68.3 Å². The topological polar surface area (TPSA) is 166 Å². The molecular formula is C21H20N6O4S. The van der Waals surface area contributed by atoms with Crippen LogP contribution in [0, 0.1) is 0 Å². The Morgan fingerprint density at radius 2 is 1.84 bits per heavy atom. The van der Waals surface area contributed by atoms with Gasteiger partial charge in [-0.2, -0.15) is 4.98 Å². The highest BCUT2D eigenvalue weighted by Crippen LogP contribution is 2.22. The summed E-state index contributed by atoms with van der Waals surface area (Å²) >= 11 is 1.39. The fourth-order valence-electron chi connectivity index (χ4n) is 3.25. The molecule has 0 saturated carbocycles. The average Bonchev–Trinajstić information content (AvgIpc) is 3.39. The molecule has 0 radical (unpaired) electrons. The van der Waals surface area contributed by atoms with Crippen LogP contribution in [-0.4, -0.2) is 38.5 Å². The van der Waals surface area contributed by atoms with Gasteiger partial charge in [0.1, 0.15) is 12.2 Å². The van der Waals surface area contributed by atoms with Crippen LogP contribution in [0.1, 0.15) is 20.1 Å². The minimum absolute atomic E-state index is 0.0657. The number of nitrogens with two attached hydrogens (primary N) is 1. The predicted octanol–water partition coefficient (Wildman–Crippen LogP) is 2.43. The molecule has 7 N–H and O–H groups in total. The maximum Gasteiger partial charge on any atom is 0.322 e. The highest BCUT2D eigenvalue weighted by molar-refractivity contribution is 7.14. The summed E-state index contributed by atoms with van der Waals surface area (Å²) in [6.07, 6.45) is 3.03. The molecule has 0 bridgehead atoms. The molecule has 0 atom stereocenters. The smallest absolute Gasteiger partial charge is 0.322 e. The van der Waals surface area contributed by atoms with E-state index in [9.17, 15) is 14.4 Å². The maximum atomic E-state index is 12.5. The number of nitrogens with one attached hydrogen (secondary N) is 4. The predicted molar refractivity (Wildman–Crippen MR) is 123 cm³/mol. The lowest BCUT2D eigenvalue weighted by Gasteiger charge is -2.06. The van der Waals surface area contributed by atoms with Crippen LogP contribution in [0.3, 0.4) is 0 Å². The number of amides is 1. The Morgan fingerprint density at radius 3 is 2.59 bits per heavy atom. The lowest BCUT2D eigenvalue weighted by molar-refractivity contribution is -0.134. The summed E-state index contributed by atoms with van der Waals surface area (Å²) in [6.45, 7) is -0.179. The molecule has 3 aromatic heterocycles. The highest BCUT2D eigenvalue weighted by Gasteiger charge is 2.13. The number of aliphatic carboxylic acids is 1. The Balaban J connectivity index is 1.37. The van der Waals surface area contributed by atoms with Crippen LogP contribution in [-0.2, 0) is 17.6 Å². The van der Waals surface area contributed by atoms with Crippen molar-refractivity contribution in [3.63, 3.8) is 0 Å². The fraction of sp³-hybridized carbons (Fsp3) is 0.143. The molecule has 3 heterocycles. The third kappa shape index (κ3) is 4.78. The summed E-state index contributed by atoms with van der Waals surface area (Å²) in [6, 6.07) is 10.5. The van der Waals surface area contributed by atoms with Gasteiger partial charge >= 0.3 is 5.97 Å². The van der Waals surface area contributed by atoms with Crippen molar-refractivity contribution < 1.29 is 14.7 Å². The maximum absolute atomic E-state index is 12.5. The summed E-state index contributed by atoms with van der Waals surface area (Å²) in [5, 5.41) is 14.8. The molecule has 4 aromatic rings. The molecule has 0 aliphatic rings. The lowest BCUT2D eigenvalue weighted by Crippen LogP contribution is -2.12. The molecule has 4 rings (SSSR count). The van der Waals surface area contributed by atoms with Gasteiger partial charge in [0, 0.05) is 22.4 Å². The first-order valence-electron chi connectivity index (χ1n) is 9.70. The van der Waals surface area contributed by atoms with E-state index in [2.05, 4.69) is 25.6 Å². The van der Waals surface area contributed by atoms with E-state index in [0.29, 0.717) is 40.1 Å². The van der Waals surface area contributed by atoms with Gasteiger partial charge in [0.15, 0.2) is 0 Å². The number of benzene rings is 1. The van der Waals surface area contributed by atoms with E-state index in [-0.39, 0.29) is 24.0 Å². The largest absolute Gasteiger partial charge is 0.480 e. The molecule has 1 amide bonds. The zero-order valence-corrected chi connectivity index (χ0v) is 17.6. The van der Waals surface area contributed by atoms with E-state index >= 15 is 0 Å². The number of fused-ring (bicyclic) bond motifs is 1. The normalized spacial score (nSPS) is 10.9. The number of carboxylic acids is 1. The molecule has 0 saturated heterocycles. The Morgan fingerprint density at radius 1 is 1.09 bits per heavy atom. The van der Waals surface area contributed by atoms with E-state index in [4.69, 9.17) is 10.8 Å². The number of aromatic amines is 2. The number of rotatable bonds is 8. The van der Waals surface area contributed by atoms with Gasteiger partial charge in [-0.05, 0) is 54.8 Å². The van der Waals surface area contributed by atoms with Crippen molar-refractivity contribution in [1.82, 2.24) is 15.0 Å². The molecule has 0 aliphatic carbocycles. The number of hydrogen-bond acceptors (Lipinski definition) is 7. The van der Waals surface area contributed by atoms with Crippen LogP contribution in [0.2, 0.25) is 0 Å². The molecule has 0 fully saturated rings. The van der Waals surface area contributed by atoms with Crippen molar-refractivity contribution in [2.45, 2.75) is 12.8 Å². The number of thiophene rings is 1. The minimum atomic E-state index is -0.950. The molecule has 1 aromatic carbocycles. The number of hydrogen-bond donors (Lipinski definition) is 6. The molecule has 11 heteroatoms. The Labute approximate surface area is 185 Å². The van der Waals surface area contributed by atoms with Gasteiger partial charge < -0.3 is 26.5 Å². The molecule has 164 valence electrons. The summed E-state index contributed by atoms with van der Waals surface area (Å²) in [4.78, 5) is 46.5. The standard InChI is InChI=1S/C21H20N6O4S/c22-21-26-18-17(20(31)27-21)11(9-24-18)1-6-14-7-8-15(32-14)19(30)25-13-4-2-12(3-5-13)23-10-16(28)29/h2-5,7-9,23H,1,6,10H2,(H,25,30)(H,28,29)(H4,22,24,26,27,31). The number of carbonyl (C=O) groups is 2. The zero-order valence-electron chi connectivity index (χ0n) is 16.8. The summed E-state index contributed by atoms with van der Waals surface area (Å²) in [5.74, 6) is -1.11. The fourth-order valence-corrected chi connectivity index (χ4v) is 4.15. The molecule has 0 unspecified atom stereocenters.